The average Bonchev–Trinajstić information content (AvgIpc) is 2.36. The predicted octanol–water partition coefficient (Wildman–Crippen LogP) is 6.52. The van der Waals surface area contributed by atoms with Gasteiger partial charge in [0.1, 0.15) is 11.6 Å². The van der Waals surface area contributed by atoms with Gasteiger partial charge in [0.05, 0.1) is 14.9 Å². The third-order valence-electron chi connectivity index (χ3n) is 2.55. The minimum atomic E-state index is -0.549. The summed E-state index contributed by atoms with van der Waals surface area (Å²) in [4.78, 5) is -0.509. The summed E-state index contributed by atoms with van der Waals surface area (Å²) < 4.78 is 27.8. The zero-order valence-corrected chi connectivity index (χ0v) is 13.9. The van der Waals surface area contributed by atoms with Gasteiger partial charge in [-0.25, -0.2) is 8.78 Å². The summed E-state index contributed by atoms with van der Waals surface area (Å²) in [6.45, 7) is 0. The predicted molar refractivity (Wildman–Crippen MR) is 81.3 cm³/mol. The summed E-state index contributed by atoms with van der Waals surface area (Å²) in [7, 11) is 0. The van der Waals surface area contributed by atoms with Crippen LogP contribution in [-0.2, 0) is 0 Å². The van der Waals surface area contributed by atoms with Crippen molar-refractivity contribution in [1.29, 1.82) is 0 Å². The van der Waals surface area contributed by atoms with E-state index >= 15 is 0 Å². The fourth-order valence-electron chi connectivity index (χ4n) is 1.58. The quantitative estimate of drug-likeness (QED) is 0.376. The Morgan fingerprint density at radius 3 is 2.26 bits per heavy atom. The van der Waals surface area contributed by atoms with Crippen molar-refractivity contribution in [3.8, 4) is 0 Å². The fourth-order valence-corrected chi connectivity index (χ4v) is 2.82. The van der Waals surface area contributed by atoms with Gasteiger partial charge in [0.15, 0.2) is 0 Å². The first-order valence-corrected chi connectivity index (χ1v) is 7.60. The Kier molecular flexibility index (Phi) is 4.88. The molecule has 6 heteroatoms. The molecule has 0 radical (unpaired) electrons. The standard InChI is InChI=1S/C13H6Br2Cl2F2/c14-8-5-11(18)7(4-10(8)17)13(15)6-1-2-9(16)12(19)3-6/h1-5,13H. The van der Waals surface area contributed by atoms with Crippen LogP contribution in [0.1, 0.15) is 16.0 Å². The summed E-state index contributed by atoms with van der Waals surface area (Å²) in [6, 6.07) is 7.08. The molecule has 0 heterocycles. The lowest BCUT2D eigenvalue weighted by molar-refractivity contribution is 0.610. The molecule has 0 aliphatic carbocycles. The average molecular weight is 431 g/mol. The molecular formula is C13H6Br2Cl2F2. The van der Waals surface area contributed by atoms with E-state index in [1.165, 1.54) is 24.3 Å². The second-order valence-corrected chi connectivity index (χ2v) is 6.41. The SMILES string of the molecule is Fc1cc(C(Br)c2cc(Cl)c(Br)cc2F)ccc1Cl. The Hall–Kier alpha value is -0.160. The third-order valence-corrected chi connectivity index (χ3v) is 5.07. The summed E-state index contributed by atoms with van der Waals surface area (Å²) in [6.07, 6.45) is 0. The van der Waals surface area contributed by atoms with Crippen molar-refractivity contribution < 1.29 is 8.78 Å². The van der Waals surface area contributed by atoms with Gasteiger partial charge in [-0.05, 0) is 45.8 Å². The number of halogens is 6. The van der Waals surface area contributed by atoms with E-state index in [9.17, 15) is 8.78 Å². The molecule has 2 rings (SSSR count). The van der Waals surface area contributed by atoms with E-state index in [4.69, 9.17) is 23.2 Å². The summed E-state index contributed by atoms with van der Waals surface area (Å²) in [5.74, 6) is -0.985. The van der Waals surface area contributed by atoms with E-state index < -0.39 is 16.5 Å². The van der Waals surface area contributed by atoms with Crippen molar-refractivity contribution in [3.05, 3.63) is 67.6 Å². The lowest BCUT2D eigenvalue weighted by Crippen LogP contribution is -1.98. The van der Waals surface area contributed by atoms with Crippen LogP contribution in [0.15, 0.2) is 34.8 Å². The van der Waals surface area contributed by atoms with Gasteiger partial charge in [0, 0.05) is 10.0 Å². The van der Waals surface area contributed by atoms with Crippen LogP contribution in [0.4, 0.5) is 8.78 Å². The highest BCUT2D eigenvalue weighted by molar-refractivity contribution is 9.10. The molecule has 100 valence electrons. The van der Waals surface area contributed by atoms with Crippen LogP contribution in [0.25, 0.3) is 0 Å². The van der Waals surface area contributed by atoms with Gasteiger partial charge in [0.2, 0.25) is 0 Å². The lowest BCUT2D eigenvalue weighted by Gasteiger charge is -2.13. The van der Waals surface area contributed by atoms with Crippen molar-refractivity contribution in [2.24, 2.45) is 0 Å². The molecular weight excluding hydrogens is 425 g/mol. The van der Waals surface area contributed by atoms with Crippen LogP contribution < -0.4 is 0 Å². The smallest absolute Gasteiger partial charge is 0.142 e. The molecule has 2 aromatic rings. The maximum Gasteiger partial charge on any atom is 0.142 e. The molecule has 0 nitrogen and oxygen atoms in total. The molecule has 0 N–H and O–H groups in total. The molecule has 0 spiro atoms. The van der Waals surface area contributed by atoms with Crippen molar-refractivity contribution in [2.45, 2.75) is 4.83 Å². The fraction of sp³-hybridized carbons (Fsp3) is 0.0769. The number of alkyl halides is 1. The van der Waals surface area contributed by atoms with Crippen molar-refractivity contribution in [1.82, 2.24) is 0 Å². The van der Waals surface area contributed by atoms with Crippen LogP contribution in [0, 0.1) is 11.6 Å². The van der Waals surface area contributed by atoms with Gasteiger partial charge in [-0.2, -0.15) is 0 Å². The molecule has 0 fully saturated rings. The lowest BCUT2D eigenvalue weighted by atomic mass is 10.0. The van der Waals surface area contributed by atoms with Crippen molar-refractivity contribution >= 4 is 55.1 Å². The van der Waals surface area contributed by atoms with Crippen molar-refractivity contribution in [2.75, 3.05) is 0 Å². The highest BCUT2D eigenvalue weighted by Gasteiger charge is 2.18. The van der Waals surface area contributed by atoms with E-state index in [2.05, 4.69) is 31.9 Å². The third kappa shape index (κ3) is 3.30. The second-order valence-electron chi connectivity index (χ2n) is 3.82. The largest absolute Gasteiger partial charge is 0.207 e. The Morgan fingerprint density at radius 1 is 0.947 bits per heavy atom. The minimum Gasteiger partial charge on any atom is -0.207 e. The first kappa shape index (κ1) is 15.2. The highest BCUT2D eigenvalue weighted by Crippen LogP contribution is 2.37. The zero-order valence-electron chi connectivity index (χ0n) is 9.23. The normalized spacial score (nSPS) is 12.5. The van der Waals surface area contributed by atoms with E-state index in [-0.39, 0.29) is 5.02 Å². The van der Waals surface area contributed by atoms with Crippen LogP contribution in [0.2, 0.25) is 10.0 Å². The highest BCUT2D eigenvalue weighted by atomic mass is 79.9. The Morgan fingerprint density at radius 2 is 1.63 bits per heavy atom. The van der Waals surface area contributed by atoms with Gasteiger partial charge >= 0.3 is 0 Å². The topological polar surface area (TPSA) is 0 Å². The molecule has 0 aliphatic heterocycles. The van der Waals surface area contributed by atoms with Gasteiger partial charge in [-0.1, -0.05) is 45.2 Å². The number of benzene rings is 2. The van der Waals surface area contributed by atoms with Gasteiger partial charge in [-0.15, -0.1) is 0 Å². The zero-order chi connectivity index (χ0) is 14.2. The number of hydrogen-bond acceptors (Lipinski definition) is 0. The molecule has 0 bridgehead atoms. The Labute approximate surface area is 136 Å². The maximum atomic E-state index is 13.9. The minimum absolute atomic E-state index is 0.0257. The molecule has 0 saturated carbocycles. The number of rotatable bonds is 2. The van der Waals surface area contributed by atoms with E-state index in [0.717, 1.165) is 0 Å². The van der Waals surface area contributed by atoms with Gasteiger partial charge < -0.3 is 0 Å². The molecule has 2 aromatic carbocycles. The summed E-state index contributed by atoms with van der Waals surface area (Å²) in [5.41, 5.74) is 0.883. The summed E-state index contributed by atoms with van der Waals surface area (Å²) in [5, 5.41) is 0.410. The van der Waals surface area contributed by atoms with Crippen molar-refractivity contribution in [3.63, 3.8) is 0 Å². The molecule has 1 unspecified atom stereocenters. The van der Waals surface area contributed by atoms with Crippen LogP contribution in [0.5, 0.6) is 0 Å². The Bertz CT molecular complexity index is 632. The molecule has 1 atom stereocenters. The first-order valence-electron chi connectivity index (χ1n) is 5.13. The van der Waals surface area contributed by atoms with Crippen LogP contribution >= 0.6 is 55.1 Å². The van der Waals surface area contributed by atoms with Crippen LogP contribution in [-0.4, -0.2) is 0 Å². The molecule has 0 saturated heterocycles. The van der Waals surface area contributed by atoms with Crippen LogP contribution in [0.3, 0.4) is 0 Å². The Balaban J connectivity index is 2.46. The monoisotopic (exact) mass is 428 g/mol. The van der Waals surface area contributed by atoms with E-state index in [1.54, 1.807) is 6.07 Å². The summed E-state index contributed by atoms with van der Waals surface area (Å²) >= 11 is 18.0. The molecule has 0 aromatic heterocycles. The maximum absolute atomic E-state index is 13.9. The first-order chi connectivity index (χ1) is 8.90. The second kappa shape index (κ2) is 6.08. The van der Waals surface area contributed by atoms with Gasteiger partial charge in [0.25, 0.3) is 0 Å². The van der Waals surface area contributed by atoms with E-state index in [1.807, 2.05) is 0 Å². The van der Waals surface area contributed by atoms with Gasteiger partial charge in [-0.3, -0.25) is 0 Å². The number of hydrogen-bond donors (Lipinski definition) is 0. The molecule has 19 heavy (non-hydrogen) atoms. The van der Waals surface area contributed by atoms with E-state index in [0.29, 0.717) is 20.6 Å². The molecule has 0 amide bonds. The molecule has 0 aliphatic rings.